The Bertz CT molecular complexity index is 401. The molecule has 84 valence electrons. The molecule has 3 rings (SSSR count). The van der Waals surface area contributed by atoms with Crippen LogP contribution in [0, 0.1) is 29.1 Å². The van der Waals surface area contributed by atoms with Gasteiger partial charge >= 0.3 is 0 Å². The van der Waals surface area contributed by atoms with Crippen LogP contribution in [-0.2, 0) is 4.79 Å². The molecular weight excluding hydrogens is 198 g/mol. The summed E-state index contributed by atoms with van der Waals surface area (Å²) in [6.07, 6.45) is 7.46. The monoisotopic (exact) mass is 215 g/mol. The van der Waals surface area contributed by atoms with Gasteiger partial charge in [0.05, 0.1) is 12.0 Å². The Balaban J connectivity index is 2.04. The number of rotatable bonds is 0. The molecule has 0 spiro atoms. The maximum atomic E-state index is 12.0. The number of nitrogens with zero attached hydrogens (tertiary/aromatic N) is 1. The number of carbonyl (C=O) groups is 1. The van der Waals surface area contributed by atoms with Crippen LogP contribution >= 0.6 is 0 Å². The summed E-state index contributed by atoms with van der Waals surface area (Å²) in [5.74, 6) is 1.20. The minimum absolute atomic E-state index is 0.120. The van der Waals surface area contributed by atoms with E-state index >= 15 is 0 Å². The SMILES string of the molecule is N#C[C@H]1[C@@H]2CCCCC2=C2C(=O)CCC[C@H]21. The lowest BCUT2D eigenvalue weighted by Crippen LogP contribution is -2.22. The molecule has 3 aliphatic rings. The van der Waals surface area contributed by atoms with E-state index in [1.54, 1.807) is 0 Å². The molecule has 2 nitrogen and oxygen atoms in total. The van der Waals surface area contributed by atoms with Gasteiger partial charge in [0.15, 0.2) is 5.78 Å². The lowest BCUT2D eigenvalue weighted by molar-refractivity contribution is -0.117. The third kappa shape index (κ3) is 1.27. The van der Waals surface area contributed by atoms with Gasteiger partial charge in [-0.25, -0.2) is 0 Å². The van der Waals surface area contributed by atoms with Gasteiger partial charge in [0.25, 0.3) is 0 Å². The van der Waals surface area contributed by atoms with E-state index in [-0.39, 0.29) is 5.92 Å². The van der Waals surface area contributed by atoms with Gasteiger partial charge in [-0.15, -0.1) is 0 Å². The molecule has 0 aromatic carbocycles. The Kier molecular flexibility index (Phi) is 2.35. The zero-order chi connectivity index (χ0) is 11.1. The Morgan fingerprint density at radius 3 is 2.69 bits per heavy atom. The van der Waals surface area contributed by atoms with Crippen molar-refractivity contribution in [1.29, 1.82) is 5.26 Å². The van der Waals surface area contributed by atoms with E-state index in [2.05, 4.69) is 6.07 Å². The molecule has 2 heteroatoms. The summed E-state index contributed by atoms with van der Waals surface area (Å²) in [6.45, 7) is 0. The van der Waals surface area contributed by atoms with Crippen molar-refractivity contribution in [2.24, 2.45) is 17.8 Å². The van der Waals surface area contributed by atoms with Crippen molar-refractivity contribution < 1.29 is 4.79 Å². The van der Waals surface area contributed by atoms with Gasteiger partial charge in [0.1, 0.15) is 0 Å². The molecule has 0 bridgehead atoms. The van der Waals surface area contributed by atoms with Crippen molar-refractivity contribution in [3.05, 3.63) is 11.1 Å². The molecular formula is C14H17NO. The first-order chi connectivity index (χ1) is 7.83. The van der Waals surface area contributed by atoms with E-state index < -0.39 is 0 Å². The molecule has 2 saturated carbocycles. The Labute approximate surface area is 96.3 Å². The second-order valence-electron chi connectivity index (χ2n) is 5.37. The van der Waals surface area contributed by atoms with E-state index in [0.717, 1.165) is 37.7 Å². The lowest BCUT2D eigenvalue weighted by Gasteiger charge is -2.24. The smallest absolute Gasteiger partial charge is 0.159 e. The first-order valence-corrected chi connectivity index (χ1v) is 6.48. The van der Waals surface area contributed by atoms with Crippen LogP contribution in [-0.4, -0.2) is 5.78 Å². The third-order valence-corrected chi connectivity index (χ3v) is 4.61. The molecule has 3 atom stereocenters. The van der Waals surface area contributed by atoms with Gasteiger partial charge in [-0.3, -0.25) is 4.79 Å². The van der Waals surface area contributed by atoms with Crippen LogP contribution in [0.3, 0.4) is 0 Å². The number of fused-ring (bicyclic) bond motifs is 2. The van der Waals surface area contributed by atoms with Crippen LogP contribution in [0.1, 0.15) is 44.9 Å². The Morgan fingerprint density at radius 2 is 1.88 bits per heavy atom. The molecule has 16 heavy (non-hydrogen) atoms. The molecule has 0 saturated heterocycles. The maximum Gasteiger partial charge on any atom is 0.159 e. The normalized spacial score (nSPS) is 37.9. The highest BCUT2D eigenvalue weighted by Crippen LogP contribution is 2.52. The number of hydrogen-bond donors (Lipinski definition) is 0. The number of Topliss-reactive ketones (excluding diaryl/α,β-unsaturated/α-hetero) is 1. The average Bonchev–Trinajstić information content (AvgIpc) is 2.64. The fourth-order valence-corrected chi connectivity index (χ4v) is 3.98. The van der Waals surface area contributed by atoms with E-state index in [0.29, 0.717) is 17.6 Å². The molecule has 0 amide bonds. The van der Waals surface area contributed by atoms with Crippen LogP contribution in [0.5, 0.6) is 0 Å². The summed E-state index contributed by atoms with van der Waals surface area (Å²) < 4.78 is 0. The first kappa shape index (κ1) is 10.1. The highest BCUT2D eigenvalue weighted by Gasteiger charge is 2.46. The molecule has 0 heterocycles. The maximum absolute atomic E-state index is 12.0. The van der Waals surface area contributed by atoms with Gasteiger partial charge < -0.3 is 0 Å². The second-order valence-corrected chi connectivity index (χ2v) is 5.37. The summed E-state index contributed by atoms with van der Waals surface area (Å²) in [7, 11) is 0. The predicted molar refractivity (Wildman–Crippen MR) is 60.4 cm³/mol. The van der Waals surface area contributed by atoms with Crippen LogP contribution in [0.25, 0.3) is 0 Å². The summed E-state index contributed by atoms with van der Waals surface area (Å²) in [5, 5.41) is 9.34. The second kappa shape index (κ2) is 3.73. The van der Waals surface area contributed by atoms with E-state index in [1.807, 2.05) is 0 Å². The molecule has 3 aliphatic carbocycles. The van der Waals surface area contributed by atoms with Crippen molar-refractivity contribution in [1.82, 2.24) is 0 Å². The molecule has 0 aliphatic heterocycles. The third-order valence-electron chi connectivity index (χ3n) is 4.61. The van der Waals surface area contributed by atoms with E-state index in [1.165, 1.54) is 18.4 Å². The number of carbonyl (C=O) groups excluding carboxylic acids is 1. The number of ketones is 1. The number of allylic oxidation sites excluding steroid dienone is 2. The zero-order valence-electron chi connectivity index (χ0n) is 9.54. The van der Waals surface area contributed by atoms with Crippen molar-refractivity contribution in [2.75, 3.05) is 0 Å². The number of hydrogen-bond acceptors (Lipinski definition) is 2. The largest absolute Gasteiger partial charge is 0.295 e. The fourth-order valence-electron chi connectivity index (χ4n) is 3.98. The summed E-state index contributed by atoms with van der Waals surface area (Å²) in [4.78, 5) is 12.0. The van der Waals surface area contributed by atoms with Crippen LogP contribution in [0.2, 0.25) is 0 Å². The topological polar surface area (TPSA) is 40.9 Å². The predicted octanol–water partition coefficient (Wildman–Crippen LogP) is 3.00. The standard InChI is InChI=1S/C14H17NO/c15-8-12-9-4-1-2-5-10(9)14-11(12)6-3-7-13(14)16/h9,11-12H,1-7H2/t9-,11+,12+/m1/s1. The van der Waals surface area contributed by atoms with E-state index in [4.69, 9.17) is 0 Å². The molecule has 2 fully saturated rings. The molecule has 0 aromatic rings. The molecule has 0 N–H and O–H groups in total. The van der Waals surface area contributed by atoms with Gasteiger partial charge in [0.2, 0.25) is 0 Å². The first-order valence-electron chi connectivity index (χ1n) is 6.48. The molecule has 0 unspecified atom stereocenters. The fraction of sp³-hybridized carbons (Fsp3) is 0.714. The summed E-state index contributed by atoms with van der Waals surface area (Å²) in [5.41, 5.74) is 2.48. The van der Waals surface area contributed by atoms with Gasteiger partial charge in [-0.2, -0.15) is 5.26 Å². The Hall–Kier alpha value is -1.10. The lowest BCUT2D eigenvalue weighted by atomic mass is 9.77. The summed E-state index contributed by atoms with van der Waals surface area (Å²) >= 11 is 0. The van der Waals surface area contributed by atoms with Gasteiger partial charge in [-0.1, -0.05) is 12.0 Å². The average molecular weight is 215 g/mol. The summed E-state index contributed by atoms with van der Waals surface area (Å²) in [6, 6.07) is 2.49. The Morgan fingerprint density at radius 1 is 1.06 bits per heavy atom. The van der Waals surface area contributed by atoms with Crippen molar-refractivity contribution in [3.8, 4) is 6.07 Å². The highest BCUT2D eigenvalue weighted by molar-refractivity contribution is 5.98. The van der Waals surface area contributed by atoms with Crippen molar-refractivity contribution in [3.63, 3.8) is 0 Å². The van der Waals surface area contributed by atoms with Crippen LogP contribution in [0.4, 0.5) is 0 Å². The van der Waals surface area contributed by atoms with Crippen molar-refractivity contribution in [2.45, 2.75) is 44.9 Å². The minimum atomic E-state index is 0.120. The van der Waals surface area contributed by atoms with E-state index in [9.17, 15) is 10.1 Å². The quantitative estimate of drug-likeness (QED) is 0.623. The van der Waals surface area contributed by atoms with Gasteiger partial charge in [0, 0.05) is 12.3 Å². The van der Waals surface area contributed by atoms with Crippen molar-refractivity contribution >= 4 is 5.78 Å². The van der Waals surface area contributed by atoms with Crippen LogP contribution < -0.4 is 0 Å². The number of nitriles is 1. The van der Waals surface area contributed by atoms with Crippen LogP contribution in [0.15, 0.2) is 11.1 Å². The zero-order valence-corrected chi connectivity index (χ0v) is 9.54. The van der Waals surface area contributed by atoms with Gasteiger partial charge in [-0.05, 0) is 43.6 Å². The molecule has 0 aromatic heterocycles. The highest BCUT2D eigenvalue weighted by atomic mass is 16.1. The minimum Gasteiger partial charge on any atom is -0.295 e. The molecule has 0 radical (unpaired) electrons.